The summed E-state index contributed by atoms with van der Waals surface area (Å²) >= 11 is 0. The van der Waals surface area contributed by atoms with Crippen LogP contribution in [0.5, 0.6) is 0 Å². The summed E-state index contributed by atoms with van der Waals surface area (Å²) in [5.41, 5.74) is -0.354. The second kappa shape index (κ2) is 8.59. The van der Waals surface area contributed by atoms with E-state index in [0.717, 1.165) is 25.9 Å². The Morgan fingerprint density at radius 3 is 2.41 bits per heavy atom. The quantitative estimate of drug-likeness (QED) is 0.502. The summed E-state index contributed by atoms with van der Waals surface area (Å²) in [5.74, 6) is 0.342. The minimum absolute atomic E-state index is 0.0282. The Balaban J connectivity index is 1.60. The van der Waals surface area contributed by atoms with Crippen molar-refractivity contribution in [2.75, 3.05) is 32.0 Å². The summed E-state index contributed by atoms with van der Waals surface area (Å²) in [6.07, 6.45) is 5.58. The number of aliphatic hydroxyl groups excluding tert-OH is 1. The first-order chi connectivity index (χ1) is 13.5. The molecule has 0 amide bonds. The van der Waals surface area contributed by atoms with Crippen LogP contribution in [0, 0.1) is 5.92 Å². The third kappa shape index (κ3) is 5.17. The van der Waals surface area contributed by atoms with Gasteiger partial charge in [-0.3, -0.25) is 0 Å². The molecular weight excluding hydrogens is 393 g/mol. The molecule has 162 valence electrons. The van der Waals surface area contributed by atoms with Crippen molar-refractivity contribution in [3.05, 3.63) is 12.4 Å². The van der Waals surface area contributed by atoms with Crippen LogP contribution < -0.4 is 5.46 Å². The molecule has 0 spiro atoms. The first-order valence-electron chi connectivity index (χ1n) is 10.3. The molecule has 1 aromatic rings. The molecule has 0 unspecified atom stereocenters. The van der Waals surface area contributed by atoms with E-state index < -0.39 is 28.2 Å². The third-order valence-corrected chi connectivity index (χ3v) is 7.81. The SMILES string of the molecule is CC1(C)OB(c2cnc(S(=O)(=O)CC[C@H]3CCCN(CCO)C3)nc2)OC1(C)C. The molecule has 2 aliphatic heterocycles. The molecule has 0 radical (unpaired) electrons. The number of hydrogen-bond donors (Lipinski definition) is 1. The Labute approximate surface area is 174 Å². The smallest absolute Gasteiger partial charge is 0.399 e. The van der Waals surface area contributed by atoms with Gasteiger partial charge in [0, 0.05) is 30.9 Å². The van der Waals surface area contributed by atoms with Crippen LogP contribution in [0.2, 0.25) is 0 Å². The van der Waals surface area contributed by atoms with E-state index in [-0.39, 0.29) is 17.5 Å². The molecule has 29 heavy (non-hydrogen) atoms. The predicted octanol–water partition coefficient (Wildman–Crippen LogP) is 0.644. The molecule has 10 heteroatoms. The lowest BCUT2D eigenvalue weighted by Crippen LogP contribution is -2.41. The summed E-state index contributed by atoms with van der Waals surface area (Å²) in [6, 6.07) is 0. The fraction of sp³-hybridized carbons (Fsp3) is 0.789. The van der Waals surface area contributed by atoms with Crippen LogP contribution in [0.15, 0.2) is 17.6 Å². The van der Waals surface area contributed by atoms with Gasteiger partial charge in [0.15, 0.2) is 0 Å². The van der Waals surface area contributed by atoms with Crippen LogP contribution in [0.1, 0.15) is 47.0 Å². The Morgan fingerprint density at radius 1 is 1.21 bits per heavy atom. The molecule has 8 nitrogen and oxygen atoms in total. The average Bonchev–Trinajstić information content (AvgIpc) is 2.88. The molecule has 1 aromatic heterocycles. The fourth-order valence-corrected chi connectivity index (χ4v) is 4.98. The van der Waals surface area contributed by atoms with Crippen LogP contribution in [0.3, 0.4) is 0 Å². The van der Waals surface area contributed by atoms with Crippen LogP contribution >= 0.6 is 0 Å². The van der Waals surface area contributed by atoms with Crippen molar-refractivity contribution in [2.45, 2.75) is 63.3 Å². The highest BCUT2D eigenvalue weighted by molar-refractivity contribution is 7.91. The normalized spacial score (nSPS) is 24.7. The van der Waals surface area contributed by atoms with Gasteiger partial charge in [-0.1, -0.05) is 0 Å². The van der Waals surface area contributed by atoms with Crippen molar-refractivity contribution in [1.82, 2.24) is 14.9 Å². The first-order valence-corrected chi connectivity index (χ1v) is 11.9. The zero-order chi connectivity index (χ0) is 21.3. The van der Waals surface area contributed by atoms with Crippen molar-refractivity contribution in [3.63, 3.8) is 0 Å². The largest absolute Gasteiger partial charge is 0.498 e. The maximum absolute atomic E-state index is 12.7. The predicted molar refractivity (Wildman–Crippen MR) is 111 cm³/mol. The van der Waals surface area contributed by atoms with Crippen LogP contribution in [-0.2, 0) is 19.1 Å². The van der Waals surface area contributed by atoms with E-state index in [1.807, 2.05) is 27.7 Å². The van der Waals surface area contributed by atoms with Crippen molar-refractivity contribution < 1.29 is 22.8 Å². The molecule has 3 heterocycles. The van der Waals surface area contributed by atoms with E-state index in [0.29, 0.717) is 24.3 Å². The van der Waals surface area contributed by atoms with Crippen molar-refractivity contribution in [1.29, 1.82) is 0 Å². The molecule has 0 saturated carbocycles. The Morgan fingerprint density at radius 2 is 1.83 bits per heavy atom. The first kappa shape index (κ1) is 22.6. The minimum Gasteiger partial charge on any atom is -0.399 e. The van der Waals surface area contributed by atoms with Crippen LogP contribution in [0.25, 0.3) is 0 Å². The number of nitrogens with zero attached hydrogens (tertiary/aromatic N) is 3. The number of likely N-dealkylation sites (tertiary alicyclic amines) is 1. The number of rotatable bonds is 7. The van der Waals surface area contributed by atoms with E-state index in [1.54, 1.807) is 0 Å². The topological polar surface area (TPSA) is 102 Å². The maximum atomic E-state index is 12.7. The molecule has 2 aliphatic rings. The molecule has 1 atom stereocenters. The van der Waals surface area contributed by atoms with Gasteiger partial charge < -0.3 is 19.3 Å². The number of hydrogen-bond acceptors (Lipinski definition) is 8. The van der Waals surface area contributed by atoms with Crippen LogP contribution in [-0.4, -0.2) is 78.7 Å². The Hall–Kier alpha value is -1.07. The van der Waals surface area contributed by atoms with Crippen molar-refractivity contribution in [2.24, 2.45) is 5.92 Å². The van der Waals surface area contributed by atoms with E-state index in [1.165, 1.54) is 12.4 Å². The molecular formula is C19H32BN3O5S. The summed E-state index contributed by atoms with van der Waals surface area (Å²) in [7, 11) is -4.16. The summed E-state index contributed by atoms with van der Waals surface area (Å²) in [4.78, 5) is 10.4. The van der Waals surface area contributed by atoms with Gasteiger partial charge in [0.25, 0.3) is 0 Å². The van der Waals surface area contributed by atoms with E-state index >= 15 is 0 Å². The molecule has 1 N–H and O–H groups in total. The highest BCUT2D eigenvalue weighted by atomic mass is 32.2. The van der Waals surface area contributed by atoms with Gasteiger partial charge >= 0.3 is 7.12 Å². The molecule has 0 aromatic carbocycles. The van der Waals surface area contributed by atoms with Gasteiger partial charge in [0.2, 0.25) is 15.0 Å². The zero-order valence-electron chi connectivity index (χ0n) is 17.8. The molecule has 0 bridgehead atoms. The van der Waals surface area contributed by atoms with E-state index in [9.17, 15) is 8.42 Å². The van der Waals surface area contributed by atoms with Gasteiger partial charge in [-0.15, -0.1) is 0 Å². The zero-order valence-corrected chi connectivity index (χ0v) is 18.6. The molecule has 3 rings (SSSR count). The number of piperidine rings is 1. The van der Waals surface area contributed by atoms with Crippen molar-refractivity contribution >= 4 is 22.4 Å². The van der Waals surface area contributed by atoms with Crippen LogP contribution in [0.4, 0.5) is 0 Å². The second-order valence-corrected chi connectivity index (χ2v) is 11.0. The van der Waals surface area contributed by atoms with Crippen molar-refractivity contribution in [3.8, 4) is 0 Å². The molecule has 0 aliphatic carbocycles. The van der Waals surface area contributed by atoms with E-state index in [4.69, 9.17) is 14.4 Å². The monoisotopic (exact) mass is 425 g/mol. The minimum atomic E-state index is -3.55. The fourth-order valence-electron chi connectivity index (χ4n) is 3.73. The maximum Gasteiger partial charge on any atom is 0.498 e. The summed E-state index contributed by atoms with van der Waals surface area (Å²) in [6.45, 7) is 10.4. The Kier molecular flexibility index (Phi) is 6.70. The van der Waals surface area contributed by atoms with Gasteiger partial charge in [0.1, 0.15) is 0 Å². The standard InChI is InChI=1S/C19H32BN3O5S/c1-18(2)19(3,4)28-20(27-18)16-12-21-17(22-13-16)29(25,26)11-7-15-6-5-8-23(14-15)9-10-24/h12-13,15,24H,5-11,14H2,1-4H3/t15-/m1/s1. The van der Waals surface area contributed by atoms with Gasteiger partial charge in [0.05, 0.1) is 23.6 Å². The molecule has 2 saturated heterocycles. The van der Waals surface area contributed by atoms with Gasteiger partial charge in [-0.2, -0.15) is 0 Å². The lowest BCUT2D eigenvalue weighted by Gasteiger charge is -2.32. The number of β-amino-alcohol motifs (C(OH)–C–C–N with tert-alkyl or cyclic N) is 1. The summed E-state index contributed by atoms with van der Waals surface area (Å²) in [5, 5.41) is 8.95. The third-order valence-electron chi connectivity index (χ3n) is 6.27. The van der Waals surface area contributed by atoms with Gasteiger partial charge in [-0.25, -0.2) is 18.4 Å². The summed E-state index contributed by atoms with van der Waals surface area (Å²) < 4.78 is 37.3. The number of aromatic nitrogens is 2. The average molecular weight is 425 g/mol. The lowest BCUT2D eigenvalue weighted by molar-refractivity contribution is 0.00578. The second-order valence-electron chi connectivity index (χ2n) is 9.03. The molecule has 2 fully saturated rings. The number of aliphatic hydroxyl groups is 1. The Bertz CT molecular complexity index is 783. The number of sulfone groups is 1. The lowest BCUT2D eigenvalue weighted by atomic mass is 9.81. The highest BCUT2D eigenvalue weighted by Crippen LogP contribution is 2.36. The van der Waals surface area contributed by atoms with Gasteiger partial charge in [-0.05, 0) is 59.4 Å². The highest BCUT2D eigenvalue weighted by Gasteiger charge is 2.52. The van der Waals surface area contributed by atoms with E-state index in [2.05, 4.69) is 14.9 Å².